The smallest absolute Gasteiger partial charge is 0.318 e. The number of hydrogen-bond donors (Lipinski definition) is 3. The summed E-state index contributed by atoms with van der Waals surface area (Å²) in [5.74, 6) is 0.276. The Hall–Kier alpha value is -2.60. The molecular weight excluding hydrogens is 302 g/mol. The lowest BCUT2D eigenvalue weighted by atomic mass is 10.2. The maximum atomic E-state index is 11.0. The van der Waals surface area contributed by atoms with Gasteiger partial charge in [-0.15, -0.1) is 0 Å². The third-order valence-electron chi connectivity index (χ3n) is 2.76. The number of amides is 2. The van der Waals surface area contributed by atoms with Gasteiger partial charge in [0.25, 0.3) is 0 Å². The van der Waals surface area contributed by atoms with E-state index in [-0.39, 0.29) is 5.96 Å². The maximum Gasteiger partial charge on any atom is 0.318 e. The summed E-state index contributed by atoms with van der Waals surface area (Å²) >= 11 is 6.03. The molecule has 0 unspecified atom stereocenters. The lowest BCUT2D eigenvalue weighted by Gasteiger charge is -2.10. The van der Waals surface area contributed by atoms with Crippen LogP contribution in [-0.4, -0.2) is 17.0 Å². The second-order valence-corrected chi connectivity index (χ2v) is 4.83. The number of primary amides is 1. The Morgan fingerprint density at radius 2 is 2.00 bits per heavy atom. The van der Waals surface area contributed by atoms with Gasteiger partial charge in [0, 0.05) is 6.20 Å². The van der Waals surface area contributed by atoms with Crippen molar-refractivity contribution in [2.75, 3.05) is 0 Å². The number of nitrogens with zero attached hydrogens (tertiary/aromatic N) is 2. The number of nitrogens with one attached hydrogen (secondary N) is 2. The Bertz CT molecular complexity index is 660. The molecule has 0 spiro atoms. The molecule has 1 aromatic carbocycles. The summed E-state index contributed by atoms with van der Waals surface area (Å²) in [6.07, 6.45) is 1.64. The number of benzene rings is 1. The molecule has 0 fully saturated rings. The number of carbonyl (C=O) groups is 1. The van der Waals surface area contributed by atoms with Gasteiger partial charge < -0.3 is 11.1 Å². The monoisotopic (exact) mass is 317 g/mol. The Kier molecular flexibility index (Phi) is 5.73. The van der Waals surface area contributed by atoms with Crippen molar-refractivity contribution in [2.24, 2.45) is 10.7 Å². The van der Waals surface area contributed by atoms with Crippen LogP contribution in [0.3, 0.4) is 0 Å². The molecule has 7 heteroatoms. The Morgan fingerprint density at radius 1 is 1.23 bits per heavy atom. The highest BCUT2D eigenvalue weighted by atomic mass is 35.5. The van der Waals surface area contributed by atoms with E-state index in [2.05, 4.69) is 20.6 Å². The number of carbonyl (C=O) groups excluding carboxylic acids is 1. The Balaban J connectivity index is 2.03. The molecule has 2 amide bonds. The number of hydrogen-bond acceptors (Lipinski definition) is 3. The van der Waals surface area contributed by atoms with Gasteiger partial charge in [-0.2, -0.15) is 0 Å². The summed E-state index contributed by atoms with van der Waals surface area (Å²) in [5, 5.41) is 5.95. The summed E-state index contributed by atoms with van der Waals surface area (Å²) < 4.78 is 0. The molecule has 0 atom stereocenters. The van der Waals surface area contributed by atoms with Crippen LogP contribution >= 0.6 is 11.6 Å². The first kappa shape index (κ1) is 15.8. The predicted molar refractivity (Wildman–Crippen MR) is 86.4 cm³/mol. The van der Waals surface area contributed by atoms with Gasteiger partial charge in [-0.25, -0.2) is 9.79 Å². The molecule has 0 saturated carbocycles. The molecule has 1 heterocycles. The Morgan fingerprint density at radius 3 is 2.68 bits per heavy atom. The van der Waals surface area contributed by atoms with Crippen LogP contribution in [0.5, 0.6) is 0 Å². The van der Waals surface area contributed by atoms with Crippen molar-refractivity contribution in [3.8, 4) is 0 Å². The van der Waals surface area contributed by atoms with Crippen molar-refractivity contribution >= 4 is 23.6 Å². The lowest BCUT2D eigenvalue weighted by molar-refractivity contribution is 0.253. The van der Waals surface area contributed by atoms with E-state index in [1.165, 1.54) is 0 Å². The van der Waals surface area contributed by atoms with E-state index in [0.29, 0.717) is 23.8 Å². The fourth-order valence-electron chi connectivity index (χ4n) is 1.73. The van der Waals surface area contributed by atoms with Crippen molar-refractivity contribution < 1.29 is 4.79 Å². The topological polar surface area (TPSA) is 92.4 Å². The second-order valence-electron chi connectivity index (χ2n) is 4.43. The minimum Gasteiger partial charge on any atom is -0.351 e. The van der Waals surface area contributed by atoms with Gasteiger partial charge in [0.15, 0.2) is 5.96 Å². The quantitative estimate of drug-likeness (QED) is 0.595. The molecule has 0 radical (unpaired) electrons. The van der Waals surface area contributed by atoms with Gasteiger partial charge in [-0.3, -0.25) is 10.3 Å². The Labute approximate surface area is 133 Å². The van der Waals surface area contributed by atoms with Gasteiger partial charge in [0.05, 0.1) is 23.8 Å². The molecular formula is C15H16ClN5O. The highest BCUT2D eigenvalue weighted by Crippen LogP contribution is 2.11. The predicted octanol–water partition coefficient (Wildman–Crippen LogP) is 2.05. The van der Waals surface area contributed by atoms with E-state index in [0.717, 1.165) is 5.56 Å². The van der Waals surface area contributed by atoms with Gasteiger partial charge in [-0.1, -0.05) is 41.9 Å². The minimum atomic E-state index is -0.688. The minimum absolute atomic E-state index is 0.276. The number of pyridine rings is 1. The van der Waals surface area contributed by atoms with E-state index >= 15 is 0 Å². The number of rotatable bonds is 4. The van der Waals surface area contributed by atoms with Gasteiger partial charge >= 0.3 is 6.03 Å². The summed E-state index contributed by atoms with van der Waals surface area (Å²) in [7, 11) is 0. The molecule has 22 heavy (non-hydrogen) atoms. The molecule has 1 aromatic heterocycles. The standard InChI is InChI=1S/C15H16ClN5O/c16-12-7-4-8-18-13(12)10-20-15(21-14(17)22)19-9-11-5-2-1-3-6-11/h1-8H,9-10H2,(H4,17,19,20,21,22). The average molecular weight is 318 g/mol. The average Bonchev–Trinajstić information content (AvgIpc) is 2.52. The molecule has 0 aliphatic carbocycles. The molecule has 0 aliphatic heterocycles. The molecule has 6 nitrogen and oxygen atoms in total. The van der Waals surface area contributed by atoms with E-state index in [4.69, 9.17) is 17.3 Å². The molecule has 0 saturated heterocycles. The number of halogens is 1. The second kappa shape index (κ2) is 7.99. The van der Waals surface area contributed by atoms with Crippen LogP contribution in [0.2, 0.25) is 5.02 Å². The van der Waals surface area contributed by atoms with E-state index in [1.54, 1.807) is 18.3 Å². The number of aliphatic imine (C=N–C) groups is 1. The van der Waals surface area contributed by atoms with Crippen LogP contribution < -0.4 is 16.4 Å². The van der Waals surface area contributed by atoms with Gasteiger partial charge in [0.2, 0.25) is 0 Å². The summed E-state index contributed by atoms with van der Waals surface area (Å²) in [5.41, 5.74) is 6.82. The molecule has 4 N–H and O–H groups in total. The van der Waals surface area contributed by atoms with Crippen LogP contribution in [0, 0.1) is 0 Å². The van der Waals surface area contributed by atoms with E-state index in [1.807, 2.05) is 30.3 Å². The van der Waals surface area contributed by atoms with Crippen molar-refractivity contribution in [1.82, 2.24) is 15.6 Å². The van der Waals surface area contributed by atoms with E-state index in [9.17, 15) is 4.79 Å². The first-order valence-corrected chi connectivity index (χ1v) is 7.01. The normalized spacial score (nSPS) is 11.0. The van der Waals surface area contributed by atoms with Crippen LogP contribution in [0.1, 0.15) is 11.3 Å². The van der Waals surface area contributed by atoms with Gasteiger partial charge in [0.1, 0.15) is 0 Å². The lowest BCUT2D eigenvalue weighted by Crippen LogP contribution is -2.43. The van der Waals surface area contributed by atoms with Crippen molar-refractivity contribution in [1.29, 1.82) is 0 Å². The molecule has 2 rings (SSSR count). The number of nitrogens with two attached hydrogens (primary N) is 1. The van der Waals surface area contributed by atoms with Crippen LogP contribution in [0.4, 0.5) is 4.79 Å². The molecule has 0 aliphatic rings. The molecule has 114 valence electrons. The summed E-state index contributed by atoms with van der Waals surface area (Å²) in [4.78, 5) is 19.5. The highest BCUT2D eigenvalue weighted by molar-refractivity contribution is 6.31. The van der Waals surface area contributed by atoms with Gasteiger partial charge in [-0.05, 0) is 17.7 Å². The summed E-state index contributed by atoms with van der Waals surface area (Å²) in [6.45, 7) is 0.743. The number of guanidine groups is 1. The summed E-state index contributed by atoms with van der Waals surface area (Å²) in [6, 6.07) is 12.5. The van der Waals surface area contributed by atoms with E-state index < -0.39 is 6.03 Å². The molecule has 0 bridgehead atoms. The fourth-order valence-corrected chi connectivity index (χ4v) is 1.91. The van der Waals surface area contributed by atoms with Crippen molar-refractivity contribution in [3.05, 3.63) is 64.9 Å². The first-order chi connectivity index (χ1) is 10.6. The zero-order valence-corrected chi connectivity index (χ0v) is 12.5. The van der Waals surface area contributed by atoms with Crippen LogP contribution in [0.25, 0.3) is 0 Å². The maximum absolute atomic E-state index is 11.0. The first-order valence-electron chi connectivity index (χ1n) is 6.63. The number of urea groups is 1. The van der Waals surface area contributed by atoms with Crippen LogP contribution in [-0.2, 0) is 13.1 Å². The molecule has 2 aromatic rings. The third-order valence-corrected chi connectivity index (χ3v) is 3.11. The number of aromatic nitrogens is 1. The largest absolute Gasteiger partial charge is 0.351 e. The zero-order valence-electron chi connectivity index (χ0n) is 11.8. The SMILES string of the molecule is NC(=O)NC(=NCc1ccccc1)NCc1ncccc1Cl. The fraction of sp³-hybridized carbons (Fsp3) is 0.133. The van der Waals surface area contributed by atoms with Crippen molar-refractivity contribution in [2.45, 2.75) is 13.1 Å². The van der Waals surface area contributed by atoms with Crippen molar-refractivity contribution in [3.63, 3.8) is 0 Å². The zero-order chi connectivity index (χ0) is 15.8. The highest BCUT2D eigenvalue weighted by Gasteiger charge is 2.05. The van der Waals surface area contributed by atoms with Crippen LogP contribution in [0.15, 0.2) is 53.7 Å². The third kappa shape index (κ3) is 5.06.